The second kappa shape index (κ2) is 8.05. The predicted octanol–water partition coefficient (Wildman–Crippen LogP) is 2.41. The molecule has 0 saturated carbocycles. The van der Waals surface area contributed by atoms with E-state index in [2.05, 4.69) is 30.4 Å². The van der Waals surface area contributed by atoms with E-state index in [1.807, 2.05) is 0 Å². The monoisotopic (exact) mass is 461 g/mol. The lowest BCUT2D eigenvalue weighted by Gasteiger charge is -2.16. The summed E-state index contributed by atoms with van der Waals surface area (Å²) >= 11 is 0. The Balaban J connectivity index is 1.54. The third-order valence-electron chi connectivity index (χ3n) is 4.77. The summed E-state index contributed by atoms with van der Waals surface area (Å²) in [5.41, 5.74) is 5.95. The molecule has 6 N–H and O–H groups in total. The van der Waals surface area contributed by atoms with Gasteiger partial charge in [-0.05, 0) is 25.1 Å². The Morgan fingerprint density at radius 1 is 1.27 bits per heavy atom. The minimum absolute atomic E-state index is 0.00791. The minimum Gasteiger partial charge on any atom is -0.394 e. The number of nitrogen functional groups attached to an aromatic ring is 1. The van der Waals surface area contributed by atoms with Crippen molar-refractivity contribution in [3.05, 3.63) is 47.5 Å². The van der Waals surface area contributed by atoms with E-state index in [4.69, 9.17) is 16.1 Å². The summed E-state index contributed by atoms with van der Waals surface area (Å²) < 4.78 is 44.1. The van der Waals surface area contributed by atoms with Gasteiger partial charge in [-0.25, -0.2) is 20.8 Å². The molecule has 33 heavy (non-hydrogen) atoms. The van der Waals surface area contributed by atoms with Crippen molar-refractivity contribution in [3.63, 3.8) is 0 Å². The molecule has 1 aromatic carbocycles. The summed E-state index contributed by atoms with van der Waals surface area (Å²) in [6, 6.07) is 4.06. The molecule has 0 fully saturated rings. The smallest absolute Gasteiger partial charge is 0.394 e. The first-order valence-corrected chi connectivity index (χ1v) is 9.48. The number of benzene rings is 1. The average molecular weight is 461 g/mol. The highest BCUT2D eigenvalue weighted by atomic mass is 19.4. The summed E-state index contributed by atoms with van der Waals surface area (Å²) in [5.74, 6) is 5.61. The van der Waals surface area contributed by atoms with Crippen LogP contribution >= 0.6 is 0 Å². The number of hydrogen-bond acceptors (Lipinski definition) is 9. The van der Waals surface area contributed by atoms with Gasteiger partial charge in [0.1, 0.15) is 17.7 Å². The minimum atomic E-state index is -4.47. The van der Waals surface area contributed by atoms with Gasteiger partial charge in [-0.15, -0.1) is 0 Å². The van der Waals surface area contributed by atoms with Gasteiger partial charge in [0.05, 0.1) is 22.6 Å². The van der Waals surface area contributed by atoms with Crippen LogP contribution in [0.2, 0.25) is 0 Å². The molecule has 172 valence electrons. The van der Waals surface area contributed by atoms with Gasteiger partial charge in [-0.1, -0.05) is 5.16 Å². The first-order valence-electron chi connectivity index (χ1n) is 9.48. The van der Waals surface area contributed by atoms with Crippen molar-refractivity contribution >= 4 is 28.4 Å². The van der Waals surface area contributed by atoms with E-state index in [-0.39, 0.29) is 34.3 Å². The highest BCUT2D eigenvalue weighted by molar-refractivity contribution is 5.99. The third-order valence-corrected chi connectivity index (χ3v) is 4.77. The number of carbonyl (C=O) groups is 1. The first-order chi connectivity index (χ1) is 15.5. The normalized spacial score (nSPS) is 12.7. The number of nitrogens with one attached hydrogen (secondary N) is 2. The van der Waals surface area contributed by atoms with Crippen LogP contribution in [0.3, 0.4) is 0 Å². The van der Waals surface area contributed by atoms with Crippen molar-refractivity contribution in [2.45, 2.75) is 19.1 Å². The summed E-state index contributed by atoms with van der Waals surface area (Å²) in [5, 5.41) is 7.76. The lowest BCUT2D eigenvalue weighted by Crippen LogP contribution is -2.31. The SMILES string of the molecule is CC(NC(=O)c1ncnc(N(C)N)c1N)c1cc(-c2nc3ccc(C(F)(F)F)cc3[nH]2)on1. The molecular formula is C19H18F3N9O2. The van der Waals surface area contributed by atoms with E-state index in [9.17, 15) is 18.0 Å². The largest absolute Gasteiger partial charge is 0.416 e. The lowest BCUT2D eigenvalue weighted by molar-refractivity contribution is -0.137. The zero-order valence-electron chi connectivity index (χ0n) is 17.3. The van der Waals surface area contributed by atoms with Crippen molar-refractivity contribution in [1.29, 1.82) is 0 Å². The molecule has 0 radical (unpaired) electrons. The van der Waals surface area contributed by atoms with E-state index >= 15 is 0 Å². The maximum Gasteiger partial charge on any atom is 0.416 e. The molecule has 14 heteroatoms. The number of fused-ring (bicyclic) bond motifs is 1. The molecule has 0 spiro atoms. The Labute approximate surface area is 184 Å². The molecule has 1 amide bonds. The number of alkyl halides is 3. The van der Waals surface area contributed by atoms with Crippen molar-refractivity contribution in [1.82, 2.24) is 30.4 Å². The van der Waals surface area contributed by atoms with Crippen LogP contribution in [-0.4, -0.2) is 38.0 Å². The number of aromatic amines is 1. The number of carbonyl (C=O) groups excluding carboxylic acids is 1. The second-order valence-corrected chi connectivity index (χ2v) is 7.20. The van der Waals surface area contributed by atoms with Crippen LogP contribution in [0.5, 0.6) is 0 Å². The third kappa shape index (κ3) is 4.27. The van der Waals surface area contributed by atoms with Crippen LogP contribution in [0, 0.1) is 0 Å². The molecule has 0 aliphatic heterocycles. The Morgan fingerprint density at radius 3 is 2.73 bits per heavy atom. The molecule has 3 aromatic heterocycles. The fourth-order valence-electron chi connectivity index (χ4n) is 3.09. The number of anilines is 2. The number of amides is 1. The molecule has 0 aliphatic carbocycles. The molecule has 0 bridgehead atoms. The Hall–Kier alpha value is -4.20. The maximum absolute atomic E-state index is 12.9. The van der Waals surface area contributed by atoms with Gasteiger partial charge in [0.2, 0.25) is 5.76 Å². The van der Waals surface area contributed by atoms with E-state index in [1.54, 1.807) is 6.92 Å². The second-order valence-electron chi connectivity index (χ2n) is 7.20. The number of H-pyrrole nitrogens is 1. The van der Waals surface area contributed by atoms with Gasteiger partial charge in [0, 0.05) is 13.1 Å². The van der Waals surface area contributed by atoms with Crippen LogP contribution in [0.4, 0.5) is 24.7 Å². The zero-order valence-corrected chi connectivity index (χ0v) is 17.3. The average Bonchev–Trinajstić information content (AvgIpc) is 3.39. The van der Waals surface area contributed by atoms with Gasteiger partial charge in [0.15, 0.2) is 17.3 Å². The molecule has 1 atom stereocenters. The molecular weight excluding hydrogens is 443 g/mol. The molecule has 1 unspecified atom stereocenters. The summed E-state index contributed by atoms with van der Waals surface area (Å²) in [7, 11) is 1.52. The summed E-state index contributed by atoms with van der Waals surface area (Å²) in [4.78, 5) is 27.5. The van der Waals surface area contributed by atoms with Crippen molar-refractivity contribution in [3.8, 4) is 11.6 Å². The number of halogens is 3. The maximum atomic E-state index is 12.9. The van der Waals surface area contributed by atoms with Gasteiger partial charge >= 0.3 is 6.18 Å². The number of hydrazine groups is 1. The highest BCUT2D eigenvalue weighted by Gasteiger charge is 2.31. The van der Waals surface area contributed by atoms with E-state index in [1.165, 1.54) is 19.2 Å². The topological polar surface area (TPSA) is 165 Å². The highest BCUT2D eigenvalue weighted by Crippen LogP contribution is 2.32. The summed E-state index contributed by atoms with van der Waals surface area (Å²) in [6.07, 6.45) is -3.31. The van der Waals surface area contributed by atoms with Gasteiger partial charge < -0.3 is 20.6 Å². The van der Waals surface area contributed by atoms with Crippen LogP contribution in [0.25, 0.3) is 22.6 Å². The zero-order chi connectivity index (χ0) is 23.9. The molecule has 3 heterocycles. The standard InChI is InChI=1S/C19H18F3N9O2/c1-8(27-18(32)15-14(23)17(31(2)24)26-7-25-15)11-6-13(33-30-11)16-28-10-4-3-9(19(20,21)22)5-12(10)29-16/h3-8H,23-24H2,1-2H3,(H,27,32)(H,28,29). The number of nitrogens with zero attached hydrogens (tertiary/aromatic N) is 5. The fraction of sp³-hybridized carbons (Fsp3) is 0.211. The van der Waals surface area contributed by atoms with Gasteiger partial charge in [-0.3, -0.25) is 9.80 Å². The predicted molar refractivity (Wildman–Crippen MR) is 112 cm³/mol. The molecule has 4 aromatic rings. The summed E-state index contributed by atoms with van der Waals surface area (Å²) in [6.45, 7) is 1.65. The Kier molecular flexibility index (Phi) is 5.37. The van der Waals surface area contributed by atoms with E-state index < -0.39 is 23.7 Å². The lowest BCUT2D eigenvalue weighted by atomic mass is 10.2. The van der Waals surface area contributed by atoms with Crippen LogP contribution in [0.15, 0.2) is 35.1 Å². The number of aromatic nitrogens is 5. The van der Waals surface area contributed by atoms with Crippen molar-refractivity contribution in [2.24, 2.45) is 5.84 Å². The van der Waals surface area contributed by atoms with Gasteiger partial charge in [-0.2, -0.15) is 13.2 Å². The van der Waals surface area contributed by atoms with Crippen LogP contribution in [0.1, 0.15) is 34.7 Å². The molecule has 11 nitrogen and oxygen atoms in total. The fourth-order valence-corrected chi connectivity index (χ4v) is 3.09. The van der Waals surface area contributed by atoms with Crippen molar-refractivity contribution < 1.29 is 22.5 Å². The van der Waals surface area contributed by atoms with Crippen LogP contribution < -0.4 is 21.9 Å². The molecule has 4 rings (SSSR count). The van der Waals surface area contributed by atoms with E-state index in [0.29, 0.717) is 11.2 Å². The number of nitrogens with two attached hydrogens (primary N) is 2. The first kappa shape index (κ1) is 22.0. The van der Waals surface area contributed by atoms with E-state index in [0.717, 1.165) is 23.5 Å². The number of hydrogen-bond donors (Lipinski definition) is 4. The van der Waals surface area contributed by atoms with Crippen LogP contribution in [-0.2, 0) is 6.18 Å². The number of rotatable bonds is 5. The van der Waals surface area contributed by atoms with Gasteiger partial charge in [0.25, 0.3) is 5.91 Å². The quantitative estimate of drug-likeness (QED) is 0.258. The van der Waals surface area contributed by atoms with Crippen molar-refractivity contribution in [2.75, 3.05) is 17.8 Å². The molecule has 0 saturated heterocycles. The Bertz CT molecular complexity index is 1330. The molecule has 0 aliphatic rings. The Morgan fingerprint density at radius 2 is 2.03 bits per heavy atom. The number of imidazole rings is 1.